The van der Waals surface area contributed by atoms with Gasteiger partial charge in [-0.25, -0.2) is 13.2 Å². The van der Waals surface area contributed by atoms with Crippen LogP contribution in [-0.2, 0) is 14.6 Å². The number of carboxylic acid groups (broad SMARTS) is 1. The Morgan fingerprint density at radius 1 is 1.25 bits per heavy atom. The summed E-state index contributed by atoms with van der Waals surface area (Å²) >= 11 is 0. The molecule has 1 aromatic carbocycles. The van der Waals surface area contributed by atoms with E-state index >= 15 is 0 Å². The van der Waals surface area contributed by atoms with Crippen LogP contribution in [-0.4, -0.2) is 54.7 Å². The number of hydrogen-bond donors (Lipinski definition) is 3. The van der Waals surface area contributed by atoms with Crippen molar-refractivity contribution in [2.45, 2.75) is 12.5 Å². The van der Waals surface area contributed by atoms with Crippen LogP contribution in [0.25, 0.3) is 0 Å². The van der Waals surface area contributed by atoms with Gasteiger partial charge in [-0.3, -0.25) is 4.79 Å². The number of hydrogen-bond acceptors (Lipinski definition) is 5. The van der Waals surface area contributed by atoms with Gasteiger partial charge in [0.15, 0.2) is 9.84 Å². The molecule has 0 bridgehead atoms. The summed E-state index contributed by atoms with van der Waals surface area (Å²) in [5.74, 6) is 7.93. The van der Waals surface area contributed by atoms with E-state index in [0.717, 1.165) is 0 Å². The number of nitrogens with one attached hydrogen (secondary N) is 1. The van der Waals surface area contributed by atoms with Gasteiger partial charge in [0.05, 0.1) is 18.1 Å². The molecule has 0 radical (unpaired) electrons. The molecule has 1 heterocycles. The molecule has 1 aliphatic rings. The Morgan fingerprint density at radius 2 is 1.89 bits per heavy atom. The van der Waals surface area contributed by atoms with Crippen LogP contribution in [0, 0.1) is 29.1 Å². The average molecular weight is 401 g/mol. The number of carboxylic acids is 1. The van der Waals surface area contributed by atoms with Gasteiger partial charge in [0.25, 0.3) is 5.91 Å². The van der Waals surface area contributed by atoms with Crippen molar-refractivity contribution in [3.63, 3.8) is 0 Å². The van der Waals surface area contributed by atoms with E-state index in [0.29, 0.717) is 12.0 Å². The second-order valence-corrected chi connectivity index (χ2v) is 8.38. The van der Waals surface area contributed by atoms with Crippen LogP contribution in [0.3, 0.4) is 0 Å². The van der Waals surface area contributed by atoms with E-state index in [1.165, 1.54) is 18.2 Å². The number of aliphatic hydroxyl groups excluding tert-OH is 1. The molecule has 1 atom stereocenters. The highest BCUT2D eigenvalue weighted by atomic mass is 32.2. The number of carbonyl (C=O) groups excluding carboxylic acids is 1. The number of aliphatic hydroxyl groups is 1. The highest BCUT2D eigenvalue weighted by Gasteiger charge is 2.54. The van der Waals surface area contributed by atoms with E-state index in [9.17, 15) is 23.1 Å². The maximum absolute atomic E-state index is 12.4. The Morgan fingerprint density at radius 3 is 2.39 bits per heavy atom. The summed E-state index contributed by atoms with van der Waals surface area (Å²) in [6.45, 7) is 3.51. The third-order valence-electron chi connectivity index (χ3n) is 4.22. The monoisotopic (exact) mass is 401 g/mol. The van der Waals surface area contributed by atoms with Crippen LogP contribution in [0.2, 0.25) is 0 Å². The topological polar surface area (TPSA) is 121 Å². The molecule has 1 fully saturated rings. The Hall–Kier alpha value is -3.07. The fraction of sp³-hybridized carbons (Fsp3) is 0.300. The number of amides is 1. The van der Waals surface area contributed by atoms with Crippen molar-refractivity contribution >= 4 is 21.7 Å². The maximum atomic E-state index is 12.4. The number of carbonyl (C=O) groups is 2. The quantitative estimate of drug-likeness (QED) is 0.463. The molecular formula is C20H19NO6S. The molecule has 28 heavy (non-hydrogen) atoms. The summed E-state index contributed by atoms with van der Waals surface area (Å²) in [6.07, 6.45) is 1.62. The predicted molar refractivity (Wildman–Crippen MR) is 103 cm³/mol. The molecule has 3 N–H and O–H groups in total. The Kier molecular flexibility index (Phi) is 6.63. The molecule has 0 saturated carbocycles. The van der Waals surface area contributed by atoms with Crippen molar-refractivity contribution in [3.8, 4) is 23.7 Å². The summed E-state index contributed by atoms with van der Waals surface area (Å²) in [5, 5.41) is 20.5. The minimum atomic E-state index is -3.33. The van der Waals surface area contributed by atoms with E-state index in [4.69, 9.17) is 5.11 Å². The average Bonchev–Trinajstić information content (AvgIpc) is 2.63. The van der Waals surface area contributed by atoms with Gasteiger partial charge < -0.3 is 15.5 Å². The Balaban J connectivity index is 2.11. The smallest absolute Gasteiger partial charge is 0.327 e. The van der Waals surface area contributed by atoms with Gasteiger partial charge in [-0.05, 0) is 36.1 Å². The molecule has 2 rings (SSSR count). The van der Waals surface area contributed by atoms with Crippen molar-refractivity contribution in [3.05, 3.63) is 48.0 Å². The molecule has 0 aromatic heterocycles. The van der Waals surface area contributed by atoms with Crippen molar-refractivity contribution in [2.75, 3.05) is 18.1 Å². The summed E-state index contributed by atoms with van der Waals surface area (Å²) in [7, 11) is -3.33. The molecule has 8 heteroatoms. The molecule has 146 valence electrons. The van der Waals surface area contributed by atoms with Crippen molar-refractivity contribution in [2.24, 2.45) is 5.41 Å². The normalized spacial score (nSPS) is 16.8. The van der Waals surface area contributed by atoms with Crippen molar-refractivity contribution in [1.82, 2.24) is 5.32 Å². The van der Waals surface area contributed by atoms with Gasteiger partial charge in [0, 0.05) is 23.0 Å². The van der Waals surface area contributed by atoms with Crippen LogP contribution < -0.4 is 5.32 Å². The Bertz CT molecular complexity index is 991. The largest absolute Gasteiger partial charge is 0.480 e. The van der Waals surface area contributed by atoms with E-state index in [-0.39, 0.29) is 23.7 Å². The highest BCUT2D eigenvalue weighted by molar-refractivity contribution is 7.92. The molecule has 1 amide bonds. The van der Waals surface area contributed by atoms with E-state index < -0.39 is 33.2 Å². The molecule has 7 nitrogen and oxygen atoms in total. The van der Waals surface area contributed by atoms with Gasteiger partial charge in [0.2, 0.25) is 0 Å². The standard InChI is InChI=1S/C20H19NO6S/c1-2-20(13-28(26,27)14-20)17(19(24)25)21-18(23)16-10-8-15(9-11-16)7-5-3-4-6-12-22/h2,8-11,17,22H,1,6,12-14H2,(H,21,23)(H,24,25). The van der Waals surface area contributed by atoms with Crippen LogP contribution in [0.5, 0.6) is 0 Å². The molecule has 1 saturated heterocycles. The lowest BCUT2D eigenvalue weighted by molar-refractivity contribution is -0.141. The second-order valence-electron chi connectivity index (χ2n) is 6.32. The lowest BCUT2D eigenvalue weighted by Gasteiger charge is -2.42. The number of rotatable bonds is 6. The molecule has 0 aliphatic carbocycles. The second kappa shape index (κ2) is 8.75. The summed E-state index contributed by atoms with van der Waals surface area (Å²) in [6, 6.07) is 4.74. The first-order valence-corrected chi connectivity index (χ1v) is 10.1. The first-order chi connectivity index (χ1) is 13.2. The molecule has 1 aromatic rings. The first-order valence-electron chi connectivity index (χ1n) is 8.30. The lowest BCUT2D eigenvalue weighted by atomic mass is 9.83. The third-order valence-corrected chi connectivity index (χ3v) is 6.18. The molecule has 1 aliphatic heterocycles. The molecular weight excluding hydrogens is 382 g/mol. The predicted octanol–water partition coefficient (Wildman–Crippen LogP) is 0.208. The van der Waals surface area contributed by atoms with Crippen LogP contribution in [0.4, 0.5) is 0 Å². The summed E-state index contributed by atoms with van der Waals surface area (Å²) in [4.78, 5) is 24.0. The number of aliphatic carboxylic acids is 1. The highest BCUT2D eigenvalue weighted by Crippen LogP contribution is 2.37. The Labute approximate surface area is 163 Å². The van der Waals surface area contributed by atoms with Crippen LogP contribution >= 0.6 is 0 Å². The summed E-state index contributed by atoms with van der Waals surface area (Å²) in [5.41, 5.74) is -0.402. The zero-order valence-electron chi connectivity index (χ0n) is 14.9. The molecule has 1 unspecified atom stereocenters. The maximum Gasteiger partial charge on any atom is 0.327 e. The zero-order valence-corrected chi connectivity index (χ0v) is 15.8. The minimum absolute atomic E-state index is 0.0328. The van der Waals surface area contributed by atoms with Gasteiger partial charge in [0.1, 0.15) is 6.04 Å². The van der Waals surface area contributed by atoms with Gasteiger partial charge >= 0.3 is 5.97 Å². The first kappa shape index (κ1) is 21.2. The van der Waals surface area contributed by atoms with Crippen molar-refractivity contribution in [1.29, 1.82) is 0 Å². The van der Waals surface area contributed by atoms with Crippen molar-refractivity contribution < 1.29 is 28.2 Å². The lowest BCUT2D eigenvalue weighted by Crippen LogP contribution is -2.63. The molecule has 0 spiro atoms. The zero-order chi connectivity index (χ0) is 20.8. The fourth-order valence-corrected chi connectivity index (χ4v) is 4.94. The van der Waals surface area contributed by atoms with E-state index in [1.54, 1.807) is 12.1 Å². The minimum Gasteiger partial charge on any atom is -0.480 e. The van der Waals surface area contributed by atoms with E-state index in [1.807, 2.05) is 0 Å². The van der Waals surface area contributed by atoms with Crippen LogP contribution in [0.15, 0.2) is 36.9 Å². The van der Waals surface area contributed by atoms with Gasteiger partial charge in [-0.1, -0.05) is 17.9 Å². The summed E-state index contributed by atoms with van der Waals surface area (Å²) < 4.78 is 23.1. The van der Waals surface area contributed by atoms with Crippen LogP contribution in [0.1, 0.15) is 22.3 Å². The fourth-order valence-electron chi connectivity index (χ4n) is 2.82. The third kappa shape index (κ3) is 5.01. The van der Waals surface area contributed by atoms with Gasteiger partial charge in [-0.2, -0.15) is 0 Å². The number of sulfone groups is 1. The van der Waals surface area contributed by atoms with E-state index in [2.05, 4.69) is 35.6 Å². The SMILES string of the molecule is C=CC1(C(NC(=O)c2ccc(C#CC#CCCO)cc2)C(=O)O)CS(=O)(=O)C1. The van der Waals surface area contributed by atoms with Gasteiger partial charge in [-0.15, -0.1) is 6.58 Å². The number of benzene rings is 1.